The molecule has 20 heavy (non-hydrogen) atoms. The number of halogens is 1. The summed E-state index contributed by atoms with van der Waals surface area (Å²) in [7, 11) is 0. The first-order valence-electron chi connectivity index (χ1n) is 6.79. The van der Waals surface area contributed by atoms with Crippen molar-refractivity contribution >= 4 is 5.69 Å². The van der Waals surface area contributed by atoms with E-state index in [-0.39, 0.29) is 0 Å². The molecule has 5 heteroatoms. The van der Waals surface area contributed by atoms with Crippen LogP contribution in [0.2, 0.25) is 0 Å². The second kappa shape index (κ2) is 5.96. The number of piperazine rings is 1. The Balaban J connectivity index is 1.57. The molecule has 0 spiro atoms. The maximum absolute atomic E-state index is 13.1. The van der Waals surface area contributed by atoms with E-state index in [1.54, 1.807) is 6.20 Å². The molecule has 1 aliphatic rings. The van der Waals surface area contributed by atoms with E-state index in [2.05, 4.69) is 25.8 Å². The van der Waals surface area contributed by atoms with Gasteiger partial charge in [0.2, 0.25) is 5.95 Å². The lowest BCUT2D eigenvalue weighted by Crippen LogP contribution is -2.46. The topological polar surface area (TPSA) is 32.3 Å². The monoisotopic (exact) mass is 272 g/mol. The average molecular weight is 272 g/mol. The number of aromatic nitrogens is 2. The minimum atomic E-state index is -0.416. The molecule has 0 saturated carbocycles. The predicted octanol–water partition coefficient (Wildman–Crippen LogP) is 1.94. The molecule has 104 valence electrons. The van der Waals surface area contributed by atoms with E-state index in [1.807, 2.05) is 18.3 Å². The lowest BCUT2D eigenvalue weighted by molar-refractivity contribution is 0.249. The van der Waals surface area contributed by atoms with Gasteiger partial charge in [-0.1, -0.05) is 6.07 Å². The summed E-state index contributed by atoms with van der Waals surface area (Å²) in [6.07, 6.45) is 5.22. The Labute approximate surface area is 117 Å². The number of anilines is 1. The van der Waals surface area contributed by atoms with Crippen molar-refractivity contribution in [2.24, 2.45) is 0 Å². The number of pyridine rings is 2. The van der Waals surface area contributed by atoms with Crippen LogP contribution in [-0.4, -0.2) is 41.0 Å². The molecule has 0 unspecified atom stereocenters. The molecule has 1 fully saturated rings. The first-order valence-corrected chi connectivity index (χ1v) is 6.79. The van der Waals surface area contributed by atoms with E-state index < -0.39 is 5.95 Å². The highest BCUT2D eigenvalue weighted by Crippen LogP contribution is 2.17. The van der Waals surface area contributed by atoms with E-state index in [4.69, 9.17) is 0 Å². The van der Waals surface area contributed by atoms with Gasteiger partial charge in [0.25, 0.3) is 0 Å². The van der Waals surface area contributed by atoms with Gasteiger partial charge < -0.3 is 4.90 Å². The zero-order valence-corrected chi connectivity index (χ0v) is 11.2. The summed E-state index contributed by atoms with van der Waals surface area (Å²) in [4.78, 5) is 12.3. The maximum Gasteiger partial charge on any atom is 0.214 e. The molecule has 4 nitrogen and oxygen atoms in total. The Morgan fingerprint density at radius 2 is 1.95 bits per heavy atom. The highest BCUT2D eigenvalue weighted by atomic mass is 19.1. The summed E-state index contributed by atoms with van der Waals surface area (Å²) in [6, 6.07) is 7.42. The Bertz CT molecular complexity index is 553. The lowest BCUT2D eigenvalue weighted by atomic mass is 10.2. The molecular formula is C15H17FN4. The molecule has 0 atom stereocenters. The summed E-state index contributed by atoms with van der Waals surface area (Å²) >= 11 is 0. The van der Waals surface area contributed by atoms with Crippen molar-refractivity contribution in [1.29, 1.82) is 0 Å². The van der Waals surface area contributed by atoms with E-state index in [9.17, 15) is 4.39 Å². The predicted molar refractivity (Wildman–Crippen MR) is 75.9 cm³/mol. The fraction of sp³-hybridized carbons (Fsp3) is 0.333. The molecule has 2 aromatic rings. The largest absolute Gasteiger partial charge is 0.369 e. The van der Waals surface area contributed by atoms with Crippen LogP contribution in [0.5, 0.6) is 0 Å². The van der Waals surface area contributed by atoms with Gasteiger partial charge in [-0.3, -0.25) is 9.88 Å². The van der Waals surface area contributed by atoms with E-state index in [1.165, 1.54) is 17.8 Å². The molecule has 1 aliphatic heterocycles. The Morgan fingerprint density at radius 3 is 2.65 bits per heavy atom. The third kappa shape index (κ3) is 3.11. The van der Waals surface area contributed by atoms with Crippen LogP contribution in [0.25, 0.3) is 0 Å². The molecule has 2 aromatic heterocycles. The zero-order chi connectivity index (χ0) is 13.8. The van der Waals surface area contributed by atoms with Crippen molar-refractivity contribution in [2.45, 2.75) is 6.54 Å². The van der Waals surface area contributed by atoms with Crippen LogP contribution in [0, 0.1) is 5.95 Å². The van der Waals surface area contributed by atoms with Gasteiger partial charge in [-0.05, 0) is 17.7 Å². The van der Waals surface area contributed by atoms with Gasteiger partial charge in [-0.25, -0.2) is 4.98 Å². The minimum absolute atomic E-state index is 0.416. The summed E-state index contributed by atoms with van der Waals surface area (Å²) in [6.45, 7) is 4.68. The van der Waals surface area contributed by atoms with Crippen molar-refractivity contribution in [3.8, 4) is 0 Å². The summed E-state index contributed by atoms with van der Waals surface area (Å²) in [5, 5.41) is 0. The molecule has 3 heterocycles. The third-order valence-corrected chi connectivity index (χ3v) is 3.58. The van der Waals surface area contributed by atoms with Gasteiger partial charge in [0.05, 0.1) is 0 Å². The van der Waals surface area contributed by atoms with Crippen molar-refractivity contribution in [1.82, 2.24) is 14.9 Å². The highest BCUT2D eigenvalue weighted by molar-refractivity contribution is 5.45. The van der Waals surface area contributed by atoms with Gasteiger partial charge >= 0.3 is 0 Å². The van der Waals surface area contributed by atoms with Crippen LogP contribution >= 0.6 is 0 Å². The summed E-state index contributed by atoms with van der Waals surface area (Å²) in [5.41, 5.74) is 2.15. The minimum Gasteiger partial charge on any atom is -0.369 e. The van der Waals surface area contributed by atoms with Crippen LogP contribution in [-0.2, 0) is 6.54 Å². The number of rotatable bonds is 3. The molecule has 0 amide bonds. The SMILES string of the molecule is Fc1cc(N2CCN(Cc3cccnc3)CC2)ccn1. The number of hydrogen-bond acceptors (Lipinski definition) is 4. The van der Waals surface area contributed by atoms with Crippen molar-refractivity contribution in [2.75, 3.05) is 31.1 Å². The normalized spacial score (nSPS) is 16.4. The van der Waals surface area contributed by atoms with Crippen LogP contribution in [0.3, 0.4) is 0 Å². The number of hydrogen-bond donors (Lipinski definition) is 0. The molecule has 0 N–H and O–H groups in total. The van der Waals surface area contributed by atoms with E-state index in [0.29, 0.717) is 0 Å². The quantitative estimate of drug-likeness (QED) is 0.799. The summed E-state index contributed by atoms with van der Waals surface area (Å²) in [5.74, 6) is -0.416. The fourth-order valence-electron chi connectivity index (χ4n) is 2.50. The van der Waals surface area contributed by atoms with Crippen molar-refractivity contribution < 1.29 is 4.39 Å². The molecule has 0 radical (unpaired) electrons. The average Bonchev–Trinajstić information content (AvgIpc) is 2.49. The Hall–Kier alpha value is -2.01. The van der Waals surface area contributed by atoms with Crippen molar-refractivity contribution in [3.05, 3.63) is 54.4 Å². The van der Waals surface area contributed by atoms with E-state index >= 15 is 0 Å². The first kappa shape index (κ1) is 13.0. The van der Waals surface area contributed by atoms with E-state index in [0.717, 1.165) is 38.4 Å². The molecule has 0 aromatic carbocycles. The molecule has 1 saturated heterocycles. The van der Waals surface area contributed by atoms with Crippen LogP contribution in [0.15, 0.2) is 42.9 Å². The molecule has 0 bridgehead atoms. The van der Waals surface area contributed by atoms with Gasteiger partial charge in [-0.2, -0.15) is 4.39 Å². The standard InChI is InChI=1S/C15H17FN4/c16-15-10-14(3-5-18-15)20-8-6-19(7-9-20)12-13-2-1-4-17-11-13/h1-5,10-11H,6-9,12H2. The Morgan fingerprint density at radius 1 is 1.10 bits per heavy atom. The Kier molecular flexibility index (Phi) is 3.87. The molecule has 3 rings (SSSR count). The molecular weight excluding hydrogens is 255 g/mol. The van der Waals surface area contributed by atoms with Gasteiger partial charge in [0, 0.05) is 63.1 Å². The maximum atomic E-state index is 13.1. The fourth-order valence-corrected chi connectivity index (χ4v) is 2.50. The van der Waals surface area contributed by atoms with Crippen LogP contribution < -0.4 is 4.90 Å². The van der Waals surface area contributed by atoms with Crippen molar-refractivity contribution in [3.63, 3.8) is 0 Å². The van der Waals surface area contributed by atoms with Gasteiger partial charge in [-0.15, -0.1) is 0 Å². The van der Waals surface area contributed by atoms with Crippen LogP contribution in [0.4, 0.5) is 10.1 Å². The highest BCUT2D eigenvalue weighted by Gasteiger charge is 2.17. The number of nitrogens with zero attached hydrogens (tertiary/aromatic N) is 4. The molecule has 0 aliphatic carbocycles. The zero-order valence-electron chi connectivity index (χ0n) is 11.2. The second-order valence-corrected chi connectivity index (χ2v) is 4.96. The lowest BCUT2D eigenvalue weighted by Gasteiger charge is -2.36. The van der Waals surface area contributed by atoms with Crippen LogP contribution in [0.1, 0.15) is 5.56 Å². The van der Waals surface area contributed by atoms with Gasteiger partial charge in [0.1, 0.15) is 0 Å². The van der Waals surface area contributed by atoms with Gasteiger partial charge in [0.15, 0.2) is 0 Å². The first-order chi connectivity index (χ1) is 9.81. The summed E-state index contributed by atoms with van der Waals surface area (Å²) < 4.78 is 13.1. The second-order valence-electron chi connectivity index (χ2n) is 4.96. The third-order valence-electron chi connectivity index (χ3n) is 3.58. The smallest absolute Gasteiger partial charge is 0.214 e.